The number of fused-ring (bicyclic) bond motifs is 1. The summed E-state index contributed by atoms with van der Waals surface area (Å²) in [6, 6.07) is 16.8. The van der Waals surface area contributed by atoms with E-state index in [0.717, 1.165) is 38.7 Å². The van der Waals surface area contributed by atoms with Gasteiger partial charge < -0.3 is 14.6 Å². The molecule has 32 heavy (non-hydrogen) atoms. The summed E-state index contributed by atoms with van der Waals surface area (Å²) in [5.41, 5.74) is 2.09. The Kier molecular flexibility index (Phi) is 6.59. The first kappa shape index (κ1) is 21.3. The SMILES string of the molecule is COc1cccc(NCc2nnc(SCc3nc4ccccc4s3)n2C2CCCCC2)c1. The zero-order valence-corrected chi connectivity index (χ0v) is 19.8. The molecule has 5 rings (SSSR count). The molecular formula is C24H27N5OS2. The van der Waals surface area contributed by atoms with Gasteiger partial charge in [0.2, 0.25) is 0 Å². The van der Waals surface area contributed by atoms with Crippen LogP contribution in [0.3, 0.4) is 0 Å². The molecule has 2 aromatic carbocycles. The molecule has 0 saturated heterocycles. The Bertz CT molecular complexity index is 1150. The van der Waals surface area contributed by atoms with Crippen molar-refractivity contribution in [2.45, 2.75) is 55.6 Å². The highest BCUT2D eigenvalue weighted by molar-refractivity contribution is 7.98. The fraction of sp³-hybridized carbons (Fsp3) is 0.375. The van der Waals surface area contributed by atoms with Gasteiger partial charge in [-0.15, -0.1) is 21.5 Å². The van der Waals surface area contributed by atoms with Gasteiger partial charge >= 0.3 is 0 Å². The Hall–Kier alpha value is -2.58. The van der Waals surface area contributed by atoms with E-state index < -0.39 is 0 Å². The van der Waals surface area contributed by atoms with Crippen molar-refractivity contribution < 1.29 is 4.74 Å². The van der Waals surface area contributed by atoms with Gasteiger partial charge in [-0.3, -0.25) is 0 Å². The number of benzene rings is 2. The highest BCUT2D eigenvalue weighted by Gasteiger charge is 2.23. The lowest BCUT2D eigenvalue weighted by atomic mass is 9.95. The van der Waals surface area contributed by atoms with Crippen molar-refractivity contribution >= 4 is 39.0 Å². The Morgan fingerprint density at radius 2 is 1.97 bits per heavy atom. The van der Waals surface area contributed by atoms with Crippen LogP contribution in [0.25, 0.3) is 10.2 Å². The van der Waals surface area contributed by atoms with Crippen LogP contribution in [0.2, 0.25) is 0 Å². The van der Waals surface area contributed by atoms with Crippen LogP contribution in [0, 0.1) is 0 Å². The molecule has 8 heteroatoms. The summed E-state index contributed by atoms with van der Waals surface area (Å²) in [5, 5.41) is 14.8. The van der Waals surface area contributed by atoms with Crippen LogP contribution in [-0.2, 0) is 12.3 Å². The Balaban J connectivity index is 1.34. The van der Waals surface area contributed by atoms with Gasteiger partial charge in [0.1, 0.15) is 10.8 Å². The predicted octanol–water partition coefficient (Wildman–Crippen LogP) is 6.31. The summed E-state index contributed by atoms with van der Waals surface area (Å²) in [6.07, 6.45) is 6.25. The van der Waals surface area contributed by atoms with Crippen molar-refractivity contribution in [3.05, 3.63) is 59.4 Å². The number of methoxy groups -OCH3 is 1. The van der Waals surface area contributed by atoms with E-state index in [0.29, 0.717) is 12.6 Å². The fourth-order valence-corrected chi connectivity index (χ4v) is 6.24. The van der Waals surface area contributed by atoms with Crippen molar-refractivity contribution in [2.24, 2.45) is 0 Å². The van der Waals surface area contributed by atoms with Crippen molar-refractivity contribution in [1.29, 1.82) is 0 Å². The van der Waals surface area contributed by atoms with E-state index in [1.165, 1.54) is 36.8 Å². The van der Waals surface area contributed by atoms with Gasteiger partial charge in [-0.2, -0.15) is 0 Å². The number of para-hydroxylation sites is 1. The maximum atomic E-state index is 5.34. The molecule has 0 aliphatic heterocycles. The third-order valence-electron chi connectivity index (χ3n) is 5.86. The molecule has 1 saturated carbocycles. The van der Waals surface area contributed by atoms with Crippen LogP contribution in [0.15, 0.2) is 53.7 Å². The van der Waals surface area contributed by atoms with Crippen molar-refractivity contribution in [3.8, 4) is 5.75 Å². The average Bonchev–Trinajstić information content (AvgIpc) is 3.45. The maximum Gasteiger partial charge on any atom is 0.191 e. The van der Waals surface area contributed by atoms with Gasteiger partial charge in [-0.05, 0) is 37.1 Å². The zero-order valence-electron chi connectivity index (χ0n) is 18.2. The highest BCUT2D eigenvalue weighted by atomic mass is 32.2. The summed E-state index contributed by atoms with van der Waals surface area (Å²) in [4.78, 5) is 4.79. The van der Waals surface area contributed by atoms with Gasteiger partial charge in [0.15, 0.2) is 11.0 Å². The molecule has 2 aromatic heterocycles. The summed E-state index contributed by atoms with van der Waals surface area (Å²) >= 11 is 3.51. The van der Waals surface area contributed by atoms with Crippen LogP contribution in [0.4, 0.5) is 5.69 Å². The minimum absolute atomic E-state index is 0.471. The molecule has 0 unspecified atom stereocenters. The first-order valence-electron chi connectivity index (χ1n) is 11.1. The molecule has 1 aliphatic carbocycles. The molecule has 1 fully saturated rings. The standard InChI is InChI=1S/C24H27N5OS2/c1-30-19-11-7-8-17(14-19)25-15-22-27-28-24(29(22)18-9-3-2-4-10-18)31-16-23-26-20-12-5-6-13-21(20)32-23/h5-8,11-14,18,25H,2-4,9-10,15-16H2,1H3. The summed E-state index contributed by atoms with van der Waals surface area (Å²) < 4.78 is 8.96. The summed E-state index contributed by atoms with van der Waals surface area (Å²) in [6.45, 7) is 0.637. The van der Waals surface area contributed by atoms with Crippen molar-refractivity contribution in [1.82, 2.24) is 19.7 Å². The molecule has 0 atom stereocenters. The second-order valence-electron chi connectivity index (χ2n) is 8.01. The number of nitrogens with zero attached hydrogens (tertiary/aromatic N) is 4. The van der Waals surface area contributed by atoms with E-state index >= 15 is 0 Å². The summed E-state index contributed by atoms with van der Waals surface area (Å²) in [5.74, 6) is 2.65. The largest absolute Gasteiger partial charge is 0.497 e. The minimum atomic E-state index is 0.471. The van der Waals surface area contributed by atoms with Crippen LogP contribution in [0.5, 0.6) is 5.75 Å². The molecule has 4 aromatic rings. The van der Waals surface area contributed by atoms with Crippen LogP contribution in [0.1, 0.15) is 49.0 Å². The molecule has 0 spiro atoms. The molecule has 6 nitrogen and oxygen atoms in total. The van der Waals surface area contributed by atoms with Gasteiger partial charge in [-0.25, -0.2) is 4.98 Å². The molecule has 0 bridgehead atoms. The zero-order chi connectivity index (χ0) is 21.8. The van der Waals surface area contributed by atoms with Crippen LogP contribution < -0.4 is 10.1 Å². The quantitative estimate of drug-likeness (QED) is 0.308. The molecule has 1 N–H and O–H groups in total. The number of rotatable bonds is 8. The van der Waals surface area contributed by atoms with Gasteiger partial charge in [0.25, 0.3) is 0 Å². The topological polar surface area (TPSA) is 64.9 Å². The number of hydrogen-bond donors (Lipinski definition) is 1. The number of aromatic nitrogens is 4. The van der Waals surface area contributed by atoms with Crippen LogP contribution in [-0.4, -0.2) is 26.9 Å². The van der Waals surface area contributed by atoms with E-state index in [9.17, 15) is 0 Å². The normalized spacial score (nSPS) is 14.7. The summed E-state index contributed by atoms with van der Waals surface area (Å²) in [7, 11) is 1.69. The smallest absolute Gasteiger partial charge is 0.191 e. The monoisotopic (exact) mass is 465 g/mol. The first-order chi connectivity index (χ1) is 15.8. The van der Waals surface area contributed by atoms with Gasteiger partial charge in [-0.1, -0.05) is 49.2 Å². The number of ether oxygens (including phenoxy) is 1. The van der Waals surface area contributed by atoms with E-state index in [4.69, 9.17) is 9.72 Å². The maximum absolute atomic E-state index is 5.34. The number of nitrogens with one attached hydrogen (secondary N) is 1. The third-order valence-corrected chi connectivity index (χ3v) is 8.03. The predicted molar refractivity (Wildman–Crippen MR) is 132 cm³/mol. The van der Waals surface area contributed by atoms with E-state index in [2.05, 4.69) is 38.3 Å². The number of hydrogen-bond acceptors (Lipinski definition) is 7. The molecule has 2 heterocycles. The van der Waals surface area contributed by atoms with E-state index in [1.807, 2.05) is 30.3 Å². The van der Waals surface area contributed by atoms with E-state index in [-0.39, 0.29) is 0 Å². The third kappa shape index (κ3) is 4.76. The van der Waals surface area contributed by atoms with Gasteiger partial charge in [0, 0.05) is 17.8 Å². The number of anilines is 1. The molecule has 1 aliphatic rings. The lowest BCUT2D eigenvalue weighted by Crippen LogP contribution is -2.18. The Morgan fingerprint density at radius 1 is 1.09 bits per heavy atom. The average molecular weight is 466 g/mol. The first-order valence-corrected chi connectivity index (χ1v) is 12.9. The molecule has 0 radical (unpaired) electrons. The minimum Gasteiger partial charge on any atom is -0.497 e. The van der Waals surface area contributed by atoms with Crippen LogP contribution >= 0.6 is 23.1 Å². The second-order valence-corrected chi connectivity index (χ2v) is 10.1. The van der Waals surface area contributed by atoms with E-state index in [1.54, 1.807) is 30.2 Å². The number of thioether (sulfide) groups is 1. The van der Waals surface area contributed by atoms with Crippen molar-refractivity contribution in [2.75, 3.05) is 12.4 Å². The highest BCUT2D eigenvalue weighted by Crippen LogP contribution is 2.35. The van der Waals surface area contributed by atoms with Crippen molar-refractivity contribution in [3.63, 3.8) is 0 Å². The lowest BCUT2D eigenvalue weighted by molar-refractivity contribution is 0.330. The van der Waals surface area contributed by atoms with Gasteiger partial charge in [0.05, 0.1) is 29.6 Å². The lowest BCUT2D eigenvalue weighted by Gasteiger charge is -2.25. The fourth-order valence-electron chi connectivity index (χ4n) is 4.25. The number of thiazole rings is 1. The molecule has 0 amide bonds. The Labute approximate surface area is 196 Å². The molecule has 166 valence electrons. The Morgan fingerprint density at radius 3 is 2.81 bits per heavy atom. The molecular weight excluding hydrogens is 438 g/mol. The second kappa shape index (κ2) is 9.92.